The molecule has 0 N–H and O–H groups in total. The van der Waals surface area contributed by atoms with E-state index < -0.39 is 0 Å². The number of hydrogen-bond donors (Lipinski definition) is 0. The Hall–Kier alpha value is -1.30. The maximum absolute atomic E-state index is 12.5. The van der Waals surface area contributed by atoms with Crippen LogP contribution < -0.4 is 4.74 Å². The minimum absolute atomic E-state index is 0.0842. The molecule has 0 radical (unpaired) electrons. The van der Waals surface area contributed by atoms with Crippen LogP contribution in [0.2, 0.25) is 5.02 Å². The third-order valence-electron chi connectivity index (χ3n) is 5.08. The van der Waals surface area contributed by atoms with Crippen molar-refractivity contribution < 1.29 is 14.3 Å². The zero-order chi connectivity index (χ0) is 18.5. The Morgan fingerprint density at radius 3 is 3.00 bits per heavy atom. The first-order chi connectivity index (χ1) is 12.5. The van der Waals surface area contributed by atoms with E-state index >= 15 is 0 Å². The number of nitrogens with zero attached hydrogens (tertiary/aromatic N) is 2. The van der Waals surface area contributed by atoms with Gasteiger partial charge in [-0.15, -0.1) is 0 Å². The van der Waals surface area contributed by atoms with Gasteiger partial charge in [0.15, 0.2) is 0 Å². The van der Waals surface area contributed by atoms with Gasteiger partial charge in [0.05, 0.1) is 6.10 Å². The molecule has 1 aromatic rings. The average Bonchev–Trinajstić information content (AvgIpc) is 2.77. The Morgan fingerprint density at radius 2 is 2.23 bits per heavy atom. The van der Waals surface area contributed by atoms with Gasteiger partial charge >= 0.3 is 0 Å². The molecule has 2 aliphatic heterocycles. The zero-order valence-electron chi connectivity index (χ0n) is 15.7. The molecule has 2 aliphatic rings. The van der Waals surface area contributed by atoms with E-state index in [4.69, 9.17) is 21.1 Å². The molecular weight excluding hydrogens is 352 g/mol. The molecule has 0 aromatic heterocycles. The maximum Gasteiger partial charge on any atom is 0.223 e. The Kier molecular flexibility index (Phi) is 6.79. The van der Waals surface area contributed by atoms with Gasteiger partial charge in [0.2, 0.25) is 5.91 Å². The van der Waals surface area contributed by atoms with Gasteiger partial charge in [0.25, 0.3) is 0 Å². The summed E-state index contributed by atoms with van der Waals surface area (Å²) >= 11 is 6.13. The van der Waals surface area contributed by atoms with E-state index in [1.165, 1.54) is 6.42 Å². The maximum atomic E-state index is 12.5. The number of carbonyl (C=O) groups is 1. The van der Waals surface area contributed by atoms with Gasteiger partial charge in [-0.2, -0.15) is 0 Å². The predicted octanol–water partition coefficient (Wildman–Crippen LogP) is 3.34. The Labute approximate surface area is 161 Å². The molecule has 1 fully saturated rings. The van der Waals surface area contributed by atoms with Gasteiger partial charge in [-0.1, -0.05) is 11.6 Å². The Morgan fingerprint density at radius 1 is 1.38 bits per heavy atom. The van der Waals surface area contributed by atoms with E-state index in [0.29, 0.717) is 24.5 Å². The molecule has 2 atom stereocenters. The van der Waals surface area contributed by atoms with Gasteiger partial charge in [0, 0.05) is 56.8 Å². The van der Waals surface area contributed by atoms with E-state index in [0.717, 1.165) is 43.9 Å². The molecule has 26 heavy (non-hydrogen) atoms. The fraction of sp³-hybridized carbons (Fsp3) is 0.650. The molecule has 5 nitrogen and oxygen atoms in total. The molecule has 0 bridgehead atoms. The summed E-state index contributed by atoms with van der Waals surface area (Å²) in [6, 6.07) is 5.74. The average molecular weight is 381 g/mol. The standard InChI is InChI=1S/C20H29ClN2O3/c1-15-12-23(13-16-11-17(21)6-7-19(16)26-15)9-8-20(24)22(2)14-18-5-3-4-10-25-18/h6-7,11,15,18H,3-5,8-10,12-14H2,1-2H3/t15-,18-/m1/s1. The molecule has 3 rings (SSSR count). The normalized spacial score (nSPS) is 23.7. The predicted molar refractivity (Wildman–Crippen MR) is 103 cm³/mol. The van der Waals surface area contributed by atoms with E-state index in [1.807, 2.05) is 30.1 Å². The molecule has 0 aliphatic carbocycles. The Bertz CT molecular complexity index is 619. The summed E-state index contributed by atoms with van der Waals surface area (Å²) in [6.45, 7) is 5.84. The monoisotopic (exact) mass is 380 g/mol. The van der Waals surface area contributed by atoms with Crippen LogP contribution in [-0.4, -0.2) is 61.2 Å². The van der Waals surface area contributed by atoms with E-state index in [2.05, 4.69) is 11.8 Å². The smallest absolute Gasteiger partial charge is 0.223 e. The summed E-state index contributed by atoms with van der Waals surface area (Å²) in [6.07, 6.45) is 4.16. The van der Waals surface area contributed by atoms with E-state index in [9.17, 15) is 4.79 Å². The van der Waals surface area contributed by atoms with Crippen molar-refractivity contribution >= 4 is 17.5 Å². The molecule has 6 heteroatoms. The molecule has 0 saturated carbocycles. The van der Waals surface area contributed by atoms with Crippen LogP contribution in [0.25, 0.3) is 0 Å². The van der Waals surface area contributed by atoms with Crippen molar-refractivity contribution in [2.24, 2.45) is 0 Å². The third kappa shape index (κ3) is 5.35. The number of benzene rings is 1. The lowest BCUT2D eigenvalue weighted by Gasteiger charge is -2.28. The summed E-state index contributed by atoms with van der Waals surface area (Å²) in [5.74, 6) is 1.06. The van der Waals surface area contributed by atoms with Crippen LogP contribution in [-0.2, 0) is 16.1 Å². The van der Waals surface area contributed by atoms with Crippen molar-refractivity contribution in [3.8, 4) is 5.75 Å². The number of halogens is 1. The lowest BCUT2D eigenvalue weighted by molar-refractivity contribution is -0.132. The van der Waals surface area contributed by atoms with E-state index in [1.54, 1.807) is 0 Å². The molecule has 0 unspecified atom stereocenters. The fourth-order valence-electron chi connectivity index (χ4n) is 3.68. The number of amides is 1. The van der Waals surface area contributed by atoms with Crippen LogP contribution in [0.15, 0.2) is 18.2 Å². The van der Waals surface area contributed by atoms with Gasteiger partial charge in [-0.25, -0.2) is 0 Å². The second-order valence-electron chi connectivity index (χ2n) is 7.43. The van der Waals surface area contributed by atoms with Gasteiger partial charge in [0.1, 0.15) is 11.9 Å². The summed E-state index contributed by atoms with van der Waals surface area (Å²) in [4.78, 5) is 16.6. The Balaban J connectivity index is 1.52. The highest BCUT2D eigenvalue weighted by Crippen LogP contribution is 2.28. The quantitative estimate of drug-likeness (QED) is 0.785. The number of rotatable bonds is 5. The highest BCUT2D eigenvalue weighted by Gasteiger charge is 2.23. The van der Waals surface area contributed by atoms with Crippen molar-refractivity contribution in [2.75, 3.05) is 33.3 Å². The molecule has 1 aromatic carbocycles. The molecule has 0 spiro atoms. The second kappa shape index (κ2) is 9.07. The first-order valence-electron chi connectivity index (χ1n) is 9.54. The van der Waals surface area contributed by atoms with Crippen LogP contribution in [0.4, 0.5) is 0 Å². The minimum Gasteiger partial charge on any atom is -0.489 e. The summed E-state index contributed by atoms with van der Waals surface area (Å²) in [5, 5.41) is 0.713. The molecule has 1 saturated heterocycles. The minimum atomic E-state index is 0.0842. The van der Waals surface area contributed by atoms with Crippen LogP contribution in [0, 0.1) is 0 Å². The van der Waals surface area contributed by atoms with Crippen LogP contribution in [0.3, 0.4) is 0 Å². The first-order valence-corrected chi connectivity index (χ1v) is 9.92. The largest absolute Gasteiger partial charge is 0.489 e. The fourth-order valence-corrected chi connectivity index (χ4v) is 3.88. The van der Waals surface area contributed by atoms with Gasteiger partial charge < -0.3 is 14.4 Å². The number of carbonyl (C=O) groups excluding carboxylic acids is 1. The van der Waals surface area contributed by atoms with Crippen molar-refractivity contribution in [1.82, 2.24) is 9.80 Å². The topological polar surface area (TPSA) is 42.0 Å². The number of fused-ring (bicyclic) bond motifs is 1. The van der Waals surface area contributed by atoms with Crippen molar-refractivity contribution in [3.63, 3.8) is 0 Å². The van der Waals surface area contributed by atoms with Gasteiger partial charge in [-0.3, -0.25) is 9.69 Å². The van der Waals surface area contributed by atoms with Crippen molar-refractivity contribution in [1.29, 1.82) is 0 Å². The molecule has 2 heterocycles. The molecular formula is C20H29ClN2O3. The zero-order valence-corrected chi connectivity index (χ0v) is 16.5. The molecule has 144 valence electrons. The van der Waals surface area contributed by atoms with Crippen LogP contribution in [0.5, 0.6) is 5.75 Å². The molecule has 1 amide bonds. The highest BCUT2D eigenvalue weighted by molar-refractivity contribution is 6.30. The number of likely N-dealkylation sites (N-methyl/N-ethyl adjacent to an activating group) is 1. The van der Waals surface area contributed by atoms with E-state index in [-0.39, 0.29) is 18.1 Å². The summed E-state index contributed by atoms with van der Waals surface area (Å²) in [7, 11) is 1.88. The van der Waals surface area contributed by atoms with Crippen molar-refractivity contribution in [3.05, 3.63) is 28.8 Å². The number of hydrogen-bond acceptors (Lipinski definition) is 4. The summed E-state index contributed by atoms with van der Waals surface area (Å²) in [5.41, 5.74) is 1.08. The second-order valence-corrected chi connectivity index (χ2v) is 7.86. The van der Waals surface area contributed by atoms with Gasteiger partial charge in [-0.05, 0) is 44.4 Å². The lowest BCUT2D eigenvalue weighted by atomic mass is 10.1. The number of ether oxygens (including phenoxy) is 2. The van der Waals surface area contributed by atoms with Crippen LogP contribution >= 0.6 is 11.6 Å². The first kappa shape index (κ1) is 19.5. The SMILES string of the molecule is C[C@@H]1CN(CCC(=O)N(C)C[C@H]2CCCCO2)Cc2cc(Cl)ccc2O1. The highest BCUT2D eigenvalue weighted by atomic mass is 35.5. The third-order valence-corrected chi connectivity index (χ3v) is 5.31. The summed E-state index contributed by atoms with van der Waals surface area (Å²) < 4.78 is 11.7. The van der Waals surface area contributed by atoms with Crippen molar-refractivity contribution in [2.45, 2.75) is 51.4 Å². The van der Waals surface area contributed by atoms with Crippen LogP contribution in [0.1, 0.15) is 38.2 Å². The lowest BCUT2D eigenvalue weighted by Crippen LogP contribution is -2.39.